The molecule has 150 valence electrons. The van der Waals surface area contributed by atoms with Crippen LogP contribution in [0.1, 0.15) is 49.3 Å². The fourth-order valence-electron chi connectivity index (χ4n) is 3.94. The average Bonchev–Trinajstić information content (AvgIpc) is 2.75. The van der Waals surface area contributed by atoms with E-state index < -0.39 is 0 Å². The van der Waals surface area contributed by atoms with Gasteiger partial charge in [0.15, 0.2) is 5.69 Å². The molecule has 2 aliphatic rings. The molecule has 2 atom stereocenters. The number of benzene rings is 2. The molecule has 1 aliphatic carbocycles. The van der Waals surface area contributed by atoms with Gasteiger partial charge < -0.3 is 14.4 Å². The van der Waals surface area contributed by atoms with Gasteiger partial charge in [0.05, 0.1) is 24.8 Å². The third-order valence-electron chi connectivity index (χ3n) is 5.84. The third-order valence-corrected chi connectivity index (χ3v) is 5.84. The van der Waals surface area contributed by atoms with Gasteiger partial charge in [0.1, 0.15) is 6.61 Å². The molecule has 0 bridgehead atoms. The van der Waals surface area contributed by atoms with E-state index in [0.29, 0.717) is 18.3 Å². The van der Waals surface area contributed by atoms with Gasteiger partial charge in [-0.1, -0.05) is 54.6 Å². The minimum atomic E-state index is -0.296. The number of amides is 1. The highest BCUT2D eigenvalue weighted by molar-refractivity contribution is 5.68. The second kappa shape index (κ2) is 9.11. The number of hydrogen-bond acceptors (Lipinski definition) is 3. The van der Waals surface area contributed by atoms with E-state index in [1.165, 1.54) is 6.42 Å². The van der Waals surface area contributed by atoms with Crippen molar-refractivity contribution < 1.29 is 14.3 Å². The lowest BCUT2D eigenvalue weighted by Crippen LogP contribution is -2.44. The molecule has 2 aromatic rings. The Bertz CT molecular complexity index is 856. The summed E-state index contributed by atoms with van der Waals surface area (Å²) < 4.78 is 11.9. The minimum Gasteiger partial charge on any atom is -0.445 e. The summed E-state index contributed by atoms with van der Waals surface area (Å²) in [7, 11) is 0. The van der Waals surface area contributed by atoms with Crippen LogP contribution >= 0.6 is 0 Å². The van der Waals surface area contributed by atoms with E-state index in [1.807, 2.05) is 59.5 Å². The standard InChI is InChI=1S/C24H26N2O3/c1-25-20-12-10-19(11-13-20)23-16-22(29-21-8-5-9-21)14-15-26(23)24(27)28-17-18-6-3-2-4-7-18/h2-4,6-7,10-13,21-23H,5,8-9,14-17H2/t22-,23?/m0/s1. The second-order valence-electron chi connectivity index (χ2n) is 7.79. The molecule has 1 saturated carbocycles. The lowest BCUT2D eigenvalue weighted by Gasteiger charge is -2.41. The quantitative estimate of drug-likeness (QED) is 0.620. The first-order chi connectivity index (χ1) is 14.2. The molecular formula is C24H26N2O3. The van der Waals surface area contributed by atoms with Crippen LogP contribution in [0.3, 0.4) is 0 Å². The number of hydrogen-bond donors (Lipinski definition) is 0. The highest BCUT2D eigenvalue weighted by Crippen LogP contribution is 2.36. The molecule has 1 saturated heterocycles. The van der Waals surface area contributed by atoms with Crippen LogP contribution in [0.5, 0.6) is 0 Å². The summed E-state index contributed by atoms with van der Waals surface area (Å²) in [4.78, 5) is 18.2. The molecule has 0 spiro atoms. The van der Waals surface area contributed by atoms with Crippen LogP contribution in [-0.4, -0.2) is 29.7 Å². The van der Waals surface area contributed by atoms with E-state index in [2.05, 4.69) is 4.85 Å². The number of ether oxygens (including phenoxy) is 2. The van der Waals surface area contributed by atoms with Crippen molar-refractivity contribution >= 4 is 11.8 Å². The maximum atomic E-state index is 12.9. The number of nitrogens with zero attached hydrogens (tertiary/aromatic N) is 2. The Kier molecular flexibility index (Phi) is 6.12. The normalized spacial score (nSPS) is 21.8. The Morgan fingerprint density at radius 2 is 1.79 bits per heavy atom. The molecule has 29 heavy (non-hydrogen) atoms. The Morgan fingerprint density at radius 1 is 1.03 bits per heavy atom. The van der Waals surface area contributed by atoms with Crippen LogP contribution in [0.25, 0.3) is 4.85 Å². The highest BCUT2D eigenvalue weighted by Gasteiger charge is 2.35. The second-order valence-corrected chi connectivity index (χ2v) is 7.79. The smallest absolute Gasteiger partial charge is 0.410 e. The average molecular weight is 390 g/mol. The van der Waals surface area contributed by atoms with E-state index >= 15 is 0 Å². The summed E-state index contributed by atoms with van der Waals surface area (Å²) in [6, 6.07) is 17.1. The molecule has 2 aromatic carbocycles. The van der Waals surface area contributed by atoms with Crippen molar-refractivity contribution in [3.8, 4) is 0 Å². The van der Waals surface area contributed by atoms with E-state index in [-0.39, 0.29) is 24.8 Å². The van der Waals surface area contributed by atoms with E-state index in [4.69, 9.17) is 16.0 Å². The SMILES string of the molecule is [C-]#[N+]c1ccc(C2C[C@@H](OC3CCC3)CCN2C(=O)OCc2ccccc2)cc1. The molecule has 1 amide bonds. The van der Waals surface area contributed by atoms with E-state index in [0.717, 1.165) is 36.8 Å². The lowest BCUT2D eigenvalue weighted by atomic mass is 9.91. The minimum absolute atomic E-state index is 0.100. The van der Waals surface area contributed by atoms with Crippen molar-refractivity contribution in [1.82, 2.24) is 4.90 Å². The van der Waals surface area contributed by atoms with Gasteiger partial charge in [0.2, 0.25) is 0 Å². The number of rotatable bonds is 5. The van der Waals surface area contributed by atoms with Crippen molar-refractivity contribution in [3.63, 3.8) is 0 Å². The zero-order chi connectivity index (χ0) is 20.1. The van der Waals surface area contributed by atoms with Crippen LogP contribution < -0.4 is 0 Å². The first kappa shape index (κ1) is 19.5. The Labute approximate surface area is 172 Å². The van der Waals surface area contributed by atoms with Gasteiger partial charge in [-0.25, -0.2) is 9.64 Å². The van der Waals surface area contributed by atoms with E-state index in [9.17, 15) is 4.79 Å². The summed E-state index contributed by atoms with van der Waals surface area (Å²) in [6.45, 7) is 8.04. The molecular weight excluding hydrogens is 364 g/mol. The number of carbonyl (C=O) groups excluding carboxylic acids is 1. The van der Waals surface area contributed by atoms with Crippen molar-refractivity contribution in [2.75, 3.05) is 6.54 Å². The molecule has 0 N–H and O–H groups in total. The van der Waals surface area contributed by atoms with Crippen LogP contribution in [-0.2, 0) is 16.1 Å². The van der Waals surface area contributed by atoms with Crippen molar-refractivity contribution in [3.05, 3.63) is 77.1 Å². The predicted molar refractivity (Wildman–Crippen MR) is 111 cm³/mol. The summed E-state index contributed by atoms with van der Waals surface area (Å²) in [5.41, 5.74) is 2.60. The zero-order valence-corrected chi connectivity index (χ0v) is 16.5. The van der Waals surface area contributed by atoms with Gasteiger partial charge in [-0.3, -0.25) is 0 Å². The van der Waals surface area contributed by atoms with Gasteiger partial charge >= 0.3 is 6.09 Å². The van der Waals surface area contributed by atoms with Crippen LogP contribution in [0.15, 0.2) is 54.6 Å². The zero-order valence-electron chi connectivity index (χ0n) is 16.5. The van der Waals surface area contributed by atoms with Gasteiger partial charge in [0.25, 0.3) is 0 Å². The molecule has 1 unspecified atom stereocenters. The maximum Gasteiger partial charge on any atom is 0.410 e. The largest absolute Gasteiger partial charge is 0.445 e. The van der Waals surface area contributed by atoms with E-state index in [1.54, 1.807) is 0 Å². The molecule has 5 heteroatoms. The molecule has 1 aliphatic heterocycles. The van der Waals surface area contributed by atoms with Gasteiger partial charge in [-0.2, -0.15) is 0 Å². The molecule has 0 radical (unpaired) electrons. The highest BCUT2D eigenvalue weighted by atomic mass is 16.6. The van der Waals surface area contributed by atoms with Crippen LogP contribution in [0.2, 0.25) is 0 Å². The number of carbonyl (C=O) groups is 1. The maximum absolute atomic E-state index is 12.9. The van der Waals surface area contributed by atoms with Crippen molar-refractivity contribution in [2.24, 2.45) is 0 Å². The fourth-order valence-corrected chi connectivity index (χ4v) is 3.94. The van der Waals surface area contributed by atoms with Gasteiger partial charge in [-0.05, 0) is 43.2 Å². The van der Waals surface area contributed by atoms with Crippen LogP contribution in [0, 0.1) is 6.57 Å². The number of piperidine rings is 1. The summed E-state index contributed by atoms with van der Waals surface area (Å²) in [5, 5.41) is 0. The Morgan fingerprint density at radius 3 is 2.45 bits per heavy atom. The first-order valence-corrected chi connectivity index (χ1v) is 10.3. The molecule has 1 heterocycles. The van der Waals surface area contributed by atoms with Gasteiger partial charge in [-0.15, -0.1) is 0 Å². The third kappa shape index (κ3) is 4.78. The fraction of sp³-hybridized carbons (Fsp3) is 0.417. The van der Waals surface area contributed by atoms with Crippen molar-refractivity contribution in [1.29, 1.82) is 0 Å². The molecule has 0 aromatic heterocycles. The first-order valence-electron chi connectivity index (χ1n) is 10.3. The Hall–Kier alpha value is -2.84. The summed E-state index contributed by atoms with van der Waals surface area (Å²) in [5.74, 6) is 0. The topological polar surface area (TPSA) is 43.1 Å². The lowest BCUT2D eigenvalue weighted by molar-refractivity contribution is -0.0832. The predicted octanol–water partition coefficient (Wildman–Crippen LogP) is 5.65. The molecule has 4 rings (SSSR count). The summed E-state index contributed by atoms with van der Waals surface area (Å²) >= 11 is 0. The van der Waals surface area contributed by atoms with Crippen LogP contribution in [0.4, 0.5) is 10.5 Å². The summed E-state index contributed by atoms with van der Waals surface area (Å²) in [6.07, 6.45) is 5.35. The van der Waals surface area contributed by atoms with Crippen molar-refractivity contribution in [2.45, 2.75) is 57.0 Å². The number of likely N-dealkylation sites (tertiary alicyclic amines) is 1. The van der Waals surface area contributed by atoms with Gasteiger partial charge in [0, 0.05) is 6.54 Å². The monoisotopic (exact) mass is 390 g/mol. The Balaban J connectivity index is 1.47. The molecule has 2 fully saturated rings. The molecule has 5 nitrogen and oxygen atoms in total.